The number of hydrogen-bond acceptors (Lipinski definition) is 2. The molecule has 0 unspecified atom stereocenters. The molecule has 2 nitrogen and oxygen atoms in total. The third kappa shape index (κ3) is 2.08. The van der Waals surface area contributed by atoms with E-state index in [0.29, 0.717) is 11.3 Å². The summed E-state index contributed by atoms with van der Waals surface area (Å²) in [6.45, 7) is 3.61. The number of ether oxygens (including phenoxy) is 1. The summed E-state index contributed by atoms with van der Waals surface area (Å²) in [5.41, 5.74) is 1.83. The van der Waals surface area contributed by atoms with Gasteiger partial charge in [0.05, 0.1) is 12.7 Å². The van der Waals surface area contributed by atoms with Gasteiger partial charge in [-0.2, -0.15) is 0 Å². The van der Waals surface area contributed by atoms with Crippen LogP contribution in [0.15, 0.2) is 18.2 Å². The molecule has 1 aromatic rings. The molecule has 0 saturated carbocycles. The van der Waals surface area contributed by atoms with Crippen LogP contribution in [-0.2, 0) is 6.42 Å². The second-order valence-corrected chi connectivity index (χ2v) is 2.94. The van der Waals surface area contributed by atoms with Crippen LogP contribution in [0.2, 0.25) is 0 Å². The Morgan fingerprint density at radius 3 is 2.62 bits per heavy atom. The van der Waals surface area contributed by atoms with Crippen LogP contribution in [0.3, 0.4) is 0 Å². The maximum absolute atomic E-state index is 11.2. The Morgan fingerprint density at radius 1 is 1.46 bits per heavy atom. The Bertz CT molecular complexity index is 316. The number of ketones is 1. The Labute approximate surface area is 78.5 Å². The number of hydrogen-bond donors (Lipinski definition) is 0. The predicted octanol–water partition coefficient (Wildman–Crippen LogP) is 2.46. The quantitative estimate of drug-likeness (QED) is 0.664. The number of aryl methyl sites for hydroxylation is 1. The van der Waals surface area contributed by atoms with E-state index in [1.807, 2.05) is 18.2 Å². The zero-order valence-corrected chi connectivity index (χ0v) is 8.26. The Hall–Kier alpha value is -1.31. The molecule has 0 aliphatic carbocycles. The minimum absolute atomic E-state index is 0.0483. The molecule has 0 N–H and O–H groups in total. The average Bonchev–Trinajstić information content (AvgIpc) is 2.16. The van der Waals surface area contributed by atoms with E-state index in [1.54, 1.807) is 14.0 Å². The lowest BCUT2D eigenvalue weighted by atomic mass is 10.1. The molecule has 0 aromatic heterocycles. The van der Waals surface area contributed by atoms with Crippen molar-refractivity contribution in [3.8, 4) is 5.75 Å². The van der Waals surface area contributed by atoms with Gasteiger partial charge in [0.15, 0.2) is 5.78 Å². The summed E-state index contributed by atoms with van der Waals surface area (Å²) in [5, 5.41) is 0. The van der Waals surface area contributed by atoms with Gasteiger partial charge in [0.1, 0.15) is 5.75 Å². The molecular weight excluding hydrogens is 164 g/mol. The molecule has 2 heteroatoms. The van der Waals surface area contributed by atoms with E-state index >= 15 is 0 Å². The normalized spacial score (nSPS) is 9.77. The molecule has 13 heavy (non-hydrogen) atoms. The number of benzene rings is 1. The molecule has 0 aliphatic rings. The van der Waals surface area contributed by atoms with Crippen molar-refractivity contribution in [1.82, 2.24) is 0 Å². The first-order valence-electron chi connectivity index (χ1n) is 4.37. The van der Waals surface area contributed by atoms with Gasteiger partial charge in [-0.1, -0.05) is 13.0 Å². The van der Waals surface area contributed by atoms with Crippen LogP contribution in [0.5, 0.6) is 5.75 Å². The van der Waals surface area contributed by atoms with Crippen LogP contribution in [0.25, 0.3) is 0 Å². The van der Waals surface area contributed by atoms with Crippen LogP contribution < -0.4 is 4.74 Å². The number of methoxy groups -OCH3 is 1. The van der Waals surface area contributed by atoms with Gasteiger partial charge < -0.3 is 4.74 Å². The predicted molar refractivity (Wildman–Crippen MR) is 52.4 cm³/mol. The smallest absolute Gasteiger partial charge is 0.163 e. The van der Waals surface area contributed by atoms with Gasteiger partial charge in [0.25, 0.3) is 0 Å². The summed E-state index contributed by atoms with van der Waals surface area (Å²) in [5.74, 6) is 0.705. The van der Waals surface area contributed by atoms with Gasteiger partial charge in [-0.05, 0) is 31.0 Å². The summed E-state index contributed by atoms with van der Waals surface area (Å²) < 4.78 is 5.09. The van der Waals surface area contributed by atoms with Crippen LogP contribution in [0.1, 0.15) is 29.8 Å². The Kier molecular flexibility index (Phi) is 3.07. The standard InChI is InChI=1S/C11H14O2/c1-4-9-5-6-11(13-3)10(7-9)8(2)12/h5-7H,4H2,1-3H3. The largest absolute Gasteiger partial charge is 0.496 e. The van der Waals surface area contributed by atoms with Gasteiger partial charge in [0.2, 0.25) is 0 Å². The van der Waals surface area contributed by atoms with Crippen molar-refractivity contribution in [2.75, 3.05) is 7.11 Å². The number of carbonyl (C=O) groups excluding carboxylic acids is 1. The highest BCUT2D eigenvalue weighted by Crippen LogP contribution is 2.20. The van der Waals surface area contributed by atoms with Crippen molar-refractivity contribution in [3.63, 3.8) is 0 Å². The fourth-order valence-electron chi connectivity index (χ4n) is 1.25. The highest BCUT2D eigenvalue weighted by molar-refractivity contribution is 5.97. The lowest BCUT2D eigenvalue weighted by molar-refractivity contribution is 0.101. The van der Waals surface area contributed by atoms with E-state index in [4.69, 9.17) is 4.74 Å². The number of Topliss-reactive ketones (excluding diaryl/α,β-unsaturated/α-hetero) is 1. The van der Waals surface area contributed by atoms with E-state index in [9.17, 15) is 4.79 Å². The molecule has 0 heterocycles. The zero-order chi connectivity index (χ0) is 9.84. The van der Waals surface area contributed by atoms with E-state index in [-0.39, 0.29) is 5.78 Å². The molecule has 0 aliphatic heterocycles. The van der Waals surface area contributed by atoms with Crippen molar-refractivity contribution in [2.45, 2.75) is 20.3 Å². The molecule has 0 amide bonds. The van der Waals surface area contributed by atoms with Crippen molar-refractivity contribution in [2.24, 2.45) is 0 Å². The summed E-state index contributed by atoms with van der Waals surface area (Å²) in [6.07, 6.45) is 0.935. The summed E-state index contributed by atoms with van der Waals surface area (Å²) in [7, 11) is 1.58. The van der Waals surface area contributed by atoms with E-state index in [2.05, 4.69) is 6.92 Å². The summed E-state index contributed by atoms with van der Waals surface area (Å²) in [4.78, 5) is 11.2. The molecule has 1 aromatic carbocycles. The second-order valence-electron chi connectivity index (χ2n) is 2.94. The van der Waals surface area contributed by atoms with Crippen molar-refractivity contribution in [3.05, 3.63) is 29.3 Å². The first-order valence-corrected chi connectivity index (χ1v) is 4.37. The highest BCUT2D eigenvalue weighted by Gasteiger charge is 2.07. The van der Waals surface area contributed by atoms with Gasteiger partial charge in [-0.25, -0.2) is 0 Å². The SMILES string of the molecule is CCc1ccc(OC)c(C(C)=O)c1. The van der Waals surface area contributed by atoms with E-state index in [1.165, 1.54) is 0 Å². The maximum Gasteiger partial charge on any atom is 0.163 e. The first-order chi connectivity index (χ1) is 6.19. The maximum atomic E-state index is 11.2. The molecule has 0 atom stereocenters. The van der Waals surface area contributed by atoms with Gasteiger partial charge in [-0.15, -0.1) is 0 Å². The Morgan fingerprint density at radius 2 is 2.15 bits per heavy atom. The van der Waals surface area contributed by atoms with Gasteiger partial charge >= 0.3 is 0 Å². The van der Waals surface area contributed by atoms with Crippen molar-refractivity contribution >= 4 is 5.78 Å². The Balaban J connectivity index is 3.18. The number of carbonyl (C=O) groups is 1. The monoisotopic (exact) mass is 178 g/mol. The van der Waals surface area contributed by atoms with Crippen LogP contribution in [0.4, 0.5) is 0 Å². The minimum atomic E-state index is 0.0483. The van der Waals surface area contributed by atoms with Crippen molar-refractivity contribution < 1.29 is 9.53 Å². The summed E-state index contributed by atoms with van der Waals surface area (Å²) >= 11 is 0. The fourth-order valence-corrected chi connectivity index (χ4v) is 1.25. The molecule has 1 rings (SSSR count). The van der Waals surface area contributed by atoms with Gasteiger partial charge in [0, 0.05) is 0 Å². The number of rotatable bonds is 3. The molecule has 0 fully saturated rings. The molecular formula is C11H14O2. The molecule has 0 saturated heterocycles. The van der Waals surface area contributed by atoms with E-state index < -0.39 is 0 Å². The average molecular weight is 178 g/mol. The van der Waals surface area contributed by atoms with Crippen molar-refractivity contribution in [1.29, 1.82) is 0 Å². The molecule has 70 valence electrons. The molecule has 0 bridgehead atoms. The fraction of sp³-hybridized carbons (Fsp3) is 0.364. The first kappa shape index (κ1) is 9.78. The minimum Gasteiger partial charge on any atom is -0.496 e. The van der Waals surface area contributed by atoms with Crippen LogP contribution >= 0.6 is 0 Å². The molecule has 0 radical (unpaired) electrons. The topological polar surface area (TPSA) is 26.3 Å². The second kappa shape index (κ2) is 4.08. The summed E-state index contributed by atoms with van der Waals surface area (Å²) in [6, 6.07) is 5.71. The lowest BCUT2D eigenvalue weighted by Gasteiger charge is -2.06. The third-order valence-electron chi connectivity index (χ3n) is 2.05. The highest BCUT2D eigenvalue weighted by atomic mass is 16.5. The van der Waals surface area contributed by atoms with Crippen LogP contribution in [-0.4, -0.2) is 12.9 Å². The van der Waals surface area contributed by atoms with Gasteiger partial charge in [-0.3, -0.25) is 4.79 Å². The third-order valence-corrected chi connectivity index (χ3v) is 2.05. The zero-order valence-electron chi connectivity index (χ0n) is 8.26. The molecule has 0 spiro atoms. The van der Waals surface area contributed by atoms with E-state index in [0.717, 1.165) is 12.0 Å². The van der Waals surface area contributed by atoms with Crippen LogP contribution in [0, 0.1) is 0 Å². The lowest BCUT2D eigenvalue weighted by Crippen LogP contribution is -1.98.